The number of halogens is 1. The van der Waals surface area contributed by atoms with Crippen molar-refractivity contribution in [2.24, 2.45) is 0 Å². The van der Waals surface area contributed by atoms with Gasteiger partial charge in [0, 0.05) is 0 Å². The van der Waals surface area contributed by atoms with Gasteiger partial charge in [0.15, 0.2) is 11.6 Å². The van der Waals surface area contributed by atoms with Crippen LogP contribution in [0.2, 0.25) is 0 Å². The third-order valence-corrected chi connectivity index (χ3v) is 2.91. The van der Waals surface area contributed by atoms with Gasteiger partial charge < -0.3 is 5.11 Å². The predicted molar refractivity (Wildman–Crippen MR) is 67.7 cm³/mol. The van der Waals surface area contributed by atoms with E-state index in [0.29, 0.717) is 0 Å². The predicted octanol–water partition coefficient (Wildman–Crippen LogP) is 4.12. The lowest BCUT2D eigenvalue weighted by Crippen LogP contribution is -1.90. The average molecular weight is 230 g/mol. The Labute approximate surface area is 101 Å². The molecule has 0 aromatic heterocycles. The summed E-state index contributed by atoms with van der Waals surface area (Å²) in [6, 6.07) is 8.66. The third kappa shape index (κ3) is 2.16. The SMILES string of the molecule is Cc1cc(C)c(-c2ccc(O)c(F)c2)c(C)c1. The number of phenolic OH excluding ortho intramolecular Hbond substituents is 1. The monoisotopic (exact) mass is 230 g/mol. The zero-order valence-electron chi connectivity index (χ0n) is 10.2. The van der Waals surface area contributed by atoms with Crippen LogP contribution in [0.5, 0.6) is 5.75 Å². The molecule has 0 aliphatic carbocycles. The summed E-state index contributed by atoms with van der Waals surface area (Å²) in [7, 11) is 0. The molecule has 0 aliphatic heterocycles. The molecule has 0 amide bonds. The van der Waals surface area contributed by atoms with Crippen molar-refractivity contribution >= 4 is 0 Å². The van der Waals surface area contributed by atoms with Gasteiger partial charge in [-0.05, 0) is 55.2 Å². The van der Waals surface area contributed by atoms with Crippen LogP contribution in [0.1, 0.15) is 16.7 Å². The van der Waals surface area contributed by atoms with Crippen LogP contribution in [0, 0.1) is 26.6 Å². The Morgan fingerprint density at radius 1 is 0.941 bits per heavy atom. The molecule has 0 radical (unpaired) electrons. The van der Waals surface area contributed by atoms with Gasteiger partial charge in [0.1, 0.15) is 0 Å². The van der Waals surface area contributed by atoms with E-state index in [1.807, 2.05) is 20.8 Å². The first-order valence-corrected chi connectivity index (χ1v) is 5.56. The highest BCUT2D eigenvalue weighted by atomic mass is 19.1. The average Bonchev–Trinajstić information content (AvgIpc) is 2.21. The van der Waals surface area contributed by atoms with E-state index in [2.05, 4.69) is 12.1 Å². The Morgan fingerprint density at radius 2 is 1.53 bits per heavy atom. The minimum Gasteiger partial charge on any atom is -0.505 e. The lowest BCUT2D eigenvalue weighted by Gasteiger charge is -2.12. The Hall–Kier alpha value is -1.83. The molecule has 2 aromatic rings. The summed E-state index contributed by atoms with van der Waals surface area (Å²) in [5, 5.41) is 9.20. The molecule has 0 bridgehead atoms. The smallest absolute Gasteiger partial charge is 0.165 e. The highest BCUT2D eigenvalue weighted by Gasteiger charge is 2.09. The fourth-order valence-corrected chi connectivity index (χ4v) is 2.30. The lowest BCUT2D eigenvalue weighted by atomic mass is 9.94. The summed E-state index contributed by atoms with van der Waals surface area (Å²) in [6.07, 6.45) is 0. The molecule has 2 heteroatoms. The third-order valence-electron chi connectivity index (χ3n) is 2.91. The molecule has 0 saturated heterocycles. The largest absolute Gasteiger partial charge is 0.505 e. The van der Waals surface area contributed by atoms with Crippen molar-refractivity contribution in [2.75, 3.05) is 0 Å². The minimum absolute atomic E-state index is 0.309. The number of aryl methyl sites for hydroxylation is 3. The number of phenols is 1. The molecule has 88 valence electrons. The van der Waals surface area contributed by atoms with Gasteiger partial charge in [-0.25, -0.2) is 4.39 Å². The fourth-order valence-electron chi connectivity index (χ4n) is 2.30. The first-order chi connectivity index (χ1) is 7.99. The Kier molecular flexibility index (Phi) is 2.88. The van der Waals surface area contributed by atoms with Crippen molar-refractivity contribution in [3.63, 3.8) is 0 Å². The molecule has 0 aliphatic rings. The molecular weight excluding hydrogens is 215 g/mol. The Bertz CT molecular complexity index is 550. The van der Waals surface area contributed by atoms with Gasteiger partial charge in [-0.1, -0.05) is 23.8 Å². The van der Waals surface area contributed by atoms with E-state index in [1.54, 1.807) is 6.07 Å². The zero-order valence-corrected chi connectivity index (χ0v) is 10.2. The normalized spacial score (nSPS) is 10.6. The van der Waals surface area contributed by atoms with Gasteiger partial charge in [-0.2, -0.15) is 0 Å². The van der Waals surface area contributed by atoms with Gasteiger partial charge in [0.2, 0.25) is 0 Å². The number of rotatable bonds is 1. The maximum Gasteiger partial charge on any atom is 0.165 e. The second-order valence-corrected chi connectivity index (χ2v) is 4.44. The van der Waals surface area contributed by atoms with Crippen LogP contribution in [-0.4, -0.2) is 5.11 Å². The zero-order chi connectivity index (χ0) is 12.6. The van der Waals surface area contributed by atoms with E-state index < -0.39 is 5.82 Å². The molecular formula is C15H15FO. The first kappa shape index (κ1) is 11.6. The van der Waals surface area contributed by atoms with E-state index in [-0.39, 0.29) is 5.75 Å². The van der Waals surface area contributed by atoms with Gasteiger partial charge >= 0.3 is 0 Å². The lowest BCUT2D eigenvalue weighted by molar-refractivity contribution is 0.432. The number of aromatic hydroxyl groups is 1. The summed E-state index contributed by atoms with van der Waals surface area (Å²) in [5.41, 5.74) is 5.27. The summed E-state index contributed by atoms with van der Waals surface area (Å²) in [6.45, 7) is 6.07. The molecule has 0 heterocycles. The standard InChI is InChI=1S/C15H15FO/c1-9-6-10(2)15(11(3)7-9)12-4-5-14(17)13(16)8-12/h4-8,17H,1-3H3. The molecule has 0 atom stereocenters. The molecule has 0 saturated carbocycles. The van der Waals surface area contributed by atoms with Crippen molar-refractivity contribution in [1.29, 1.82) is 0 Å². The quantitative estimate of drug-likeness (QED) is 0.781. The molecule has 1 nitrogen and oxygen atoms in total. The van der Waals surface area contributed by atoms with Crippen LogP contribution in [0.15, 0.2) is 30.3 Å². The van der Waals surface area contributed by atoms with Crippen molar-refractivity contribution in [1.82, 2.24) is 0 Å². The van der Waals surface area contributed by atoms with E-state index in [4.69, 9.17) is 0 Å². The van der Waals surface area contributed by atoms with Crippen molar-refractivity contribution in [3.05, 3.63) is 52.8 Å². The highest BCUT2D eigenvalue weighted by Crippen LogP contribution is 2.30. The van der Waals surface area contributed by atoms with Gasteiger partial charge in [-0.3, -0.25) is 0 Å². The van der Waals surface area contributed by atoms with Crippen LogP contribution < -0.4 is 0 Å². The molecule has 17 heavy (non-hydrogen) atoms. The summed E-state index contributed by atoms with van der Waals surface area (Å²) < 4.78 is 13.4. The first-order valence-electron chi connectivity index (χ1n) is 5.56. The molecule has 1 N–H and O–H groups in total. The second-order valence-electron chi connectivity index (χ2n) is 4.44. The van der Waals surface area contributed by atoms with Crippen molar-refractivity contribution in [3.8, 4) is 16.9 Å². The van der Waals surface area contributed by atoms with E-state index in [9.17, 15) is 9.50 Å². The maximum atomic E-state index is 13.4. The Morgan fingerprint density at radius 3 is 2.06 bits per heavy atom. The summed E-state index contributed by atoms with van der Waals surface area (Å²) in [4.78, 5) is 0. The topological polar surface area (TPSA) is 20.2 Å². The van der Waals surface area contributed by atoms with Crippen LogP contribution in [0.25, 0.3) is 11.1 Å². The van der Waals surface area contributed by atoms with Crippen LogP contribution >= 0.6 is 0 Å². The molecule has 0 unspecified atom stereocenters. The summed E-state index contributed by atoms with van der Waals surface area (Å²) >= 11 is 0. The fraction of sp³-hybridized carbons (Fsp3) is 0.200. The summed E-state index contributed by atoms with van der Waals surface area (Å²) in [5.74, 6) is -0.891. The Balaban J connectivity index is 2.64. The number of hydrogen-bond acceptors (Lipinski definition) is 1. The number of hydrogen-bond donors (Lipinski definition) is 1. The van der Waals surface area contributed by atoms with Gasteiger partial charge in [0.05, 0.1) is 0 Å². The molecule has 2 aromatic carbocycles. The molecule has 0 fully saturated rings. The van der Waals surface area contributed by atoms with Gasteiger partial charge in [0.25, 0.3) is 0 Å². The second kappa shape index (κ2) is 4.21. The van der Waals surface area contributed by atoms with Crippen molar-refractivity contribution < 1.29 is 9.50 Å². The number of benzene rings is 2. The molecule has 2 rings (SSSR count). The van der Waals surface area contributed by atoms with Crippen LogP contribution in [0.3, 0.4) is 0 Å². The van der Waals surface area contributed by atoms with Crippen LogP contribution in [0.4, 0.5) is 4.39 Å². The van der Waals surface area contributed by atoms with E-state index in [1.165, 1.54) is 17.7 Å². The van der Waals surface area contributed by atoms with E-state index in [0.717, 1.165) is 22.3 Å². The highest BCUT2D eigenvalue weighted by molar-refractivity contribution is 5.71. The van der Waals surface area contributed by atoms with Crippen LogP contribution in [-0.2, 0) is 0 Å². The van der Waals surface area contributed by atoms with E-state index >= 15 is 0 Å². The van der Waals surface area contributed by atoms with Gasteiger partial charge in [-0.15, -0.1) is 0 Å². The molecule has 0 spiro atoms. The minimum atomic E-state index is -0.582. The van der Waals surface area contributed by atoms with Crippen molar-refractivity contribution in [2.45, 2.75) is 20.8 Å². The maximum absolute atomic E-state index is 13.4.